The molecule has 6 amide bonds. The van der Waals surface area contributed by atoms with Gasteiger partial charge >= 0.3 is 6.03 Å². The lowest BCUT2D eigenvalue weighted by Gasteiger charge is -2.45. The number of carbonyl (C=O) groups excluding carboxylic acids is 5. The van der Waals surface area contributed by atoms with Gasteiger partial charge < -0.3 is 25.8 Å². The molecule has 3 aliphatic heterocycles. The second-order valence-corrected chi connectivity index (χ2v) is 12.6. The Bertz CT molecular complexity index is 1880. The Hall–Kier alpha value is -5.68. The summed E-state index contributed by atoms with van der Waals surface area (Å²) >= 11 is 6.26. The lowest BCUT2D eigenvalue weighted by Crippen LogP contribution is -2.59. The van der Waals surface area contributed by atoms with Crippen LogP contribution in [0.3, 0.4) is 0 Å². The van der Waals surface area contributed by atoms with Gasteiger partial charge in [-0.15, -0.1) is 0 Å². The van der Waals surface area contributed by atoms with Crippen LogP contribution in [0, 0.1) is 11.3 Å². The Balaban J connectivity index is 0.970. The zero-order valence-corrected chi connectivity index (χ0v) is 27.6. The minimum atomic E-state index is -1.01. The van der Waals surface area contributed by atoms with E-state index in [4.69, 9.17) is 11.6 Å². The molecule has 4 N–H and O–H groups in total. The van der Waals surface area contributed by atoms with E-state index in [-0.39, 0.29) is 42.1 Å². The first-order chi connectivity index (χ1) is 23.5. The van der Waals surface area contributed by atoms with Crippen LogP contribution in [-0.2, 0) is 9.59 Å². The quantitative estimate of drug-likeness (QED) is 0.202. The number of halogens is 1. The number of urea groups is 1. The molecule has 6 rings (SSSR count). The number of benzene rings is 2. The normalized spacial score (nSPS) is 20.4. The number of piperidine rings is 1. The highest BCUT2D eigenvalue weighted by molar-refractivity contribution is 6.32. The molecule has 3 atom stereocenters. The fourth-order valence-electron chi connectivity index (χ4n) is 6.29. The molecular weight excluding hydrogens is 650 g/mol. The van der Waals surface area contributed by atoms with Gasteiger partial charge in [-0.05, 0) is 68.8 Å². The second kappa shape index (κ2) is 13.8. The van der Waals surface area contributed by atoms with Gasteiger partial charge in [-0.2, -0.15) is 5.26 Å². The van der Waals surface area contributed by atoms with Crippen LogP contribution in [0.2, 0.25) is 5.02 Å². The van der Waals surface area contributed by atoms with Crippen molar-refractivity contribution in [3.05, 3.63) is 76.4 Å². The van der Waals surface area contributed by atoms with Crippen LogP contribution in [-0.4, -0.2) is 88.7 Å². The molecule has 0 spiro atoms. The van der Waals surface area contributed by atoms with E-state index in [1.807, 2.05) is 19.9 Å². The molecule has 252 valence electrons. The molecule has 14 nitrogen and oxygen atoms in total. The Morgan fingerprint density at radius 2 is 1.71 bits per heavy atom. The van der Waals surface area contributed by atoms with Crippen molar-refractivity contribution in [2.24, 2.45) is 0 Å². The van der Waals surface area contributed by atoms with Gasteiger partial charge in [0.1, 0.15) is 17.9 Å². The van der Waals surface area contributed by atoms with Gasteiger partial charge in [-0.1, -0.05) is 11.6 Å². The van der Waals surface area contributed by atoms with E-state index >= 15 is 0 Å². The zero-order valence-electron chi connectivity index (χ0n) is 26.8. The van der Waals surface area contributed by atoms with Crippen LogP contribution in [0.4, 0.5) is 27.7 Å². The van der Waals surface area contributed by atoms with E-state index in [2.05, 4.69) is 37.2 Å². The Labute approximate surface area is 287 Å². The average molecular weight is 684 g/mol. The van der Waals surface area contributed by atoms with Crippen LogP contribution in [0.5, 0.6) is 0 Å². The summed E-state index contributed by atoms with van der Waals surface area (Å²) in [6.07, 6.45) is 1.74. The number of hydrogen-bond acceptors (Lipinski definition) is 10. The van der Waals surface area contributed by atoms with E-state index in [1.165, 1.54) is 0 Å². The molecule has 2 fully saturated rings. The lowest BCUT2D eigenvalue weighted by molar-refractivity contribution is -0.136. The molecule has 3 aliphatic rings. The first-order valence-corrected chi connectivity index (χ1v) is 16.2. The highest BCUT2D eigenvalue weighted by Gasteiger charge is 2.44. The maximum Gasteiger partial charge on any atom is 0.322 e. The highest BCUT2D eigenvalue weighted by atomic mass is 35.5. The van der Waals surface area contributed by atoms with E-state index in [9.17, 15) is 29.2 Å². The number of piperazine rings is 1. The minimum Gasteiger partial charge on any atom is -0.383 e. The zero-order chi connectivity index (χ0) is 34.8. The Morgan fingerprint density at radius 3 is 2.43 bits per heavy atom. The molecule has 0 saturated carbocycles. The van der Waals surface area contributed by atoms with Crippen LogP contribution in [0.1, 0.15) is 53.0 Å². The molecule has 3 aromatic rings. The number of carbonyl (C=O) groups is 5. The molecule has 49 heavy (non-hydrogen) atoms. The topological polar surface area (TPSA) is 180 Å². The summed E-state index contributed by atoms with van der Waals surface area (Å²) in [6.45, 7) is 6.07. The van der Waals surface area contributed by atoms with Crippen molar-refractivity contribution >= 4 is 64.1 Å². The van der Waals surface area contributed by atoms with Crippen molar-refractivity contribution in [2.45, 2.75) is 44.8 Å². The number of imide groups is 2. The third kappa shape index (κ3) is 6.84. The van der Waals surface area contributed by atoms with E-state index in [0.717, 1.165) is 10.6 Å². The standard InChI is InChI=1S/C34H34ClN9O5/c1-19-18-43(20(2)17-42(19)24-6-3-21(15-36)27(35)14-24)34(49)40-23-5-9-29(39-16-23)38-12-11-37-22-4-7-25-26(13-22)33(48)44(32(25)47)28-8-10-30(45)41-31(28)46/h3-7,9,13-14,16,19-20,28,37H,8,10-12,17-18H2,1-2H3,(H,38,39)(H,40,49)(H,41,45,46)/t19-,20+,28?/m0/s1. The van der Waals surface area contributed by atoms with Gasteiger partial charge in [-0.25, -0.2) is 9.78 Å². The van der Waals surface area contributed by atoms with Gasteiger partial charge in [0.05, 0.1) is 33.6 Å². The predicted molar refractivity (Wildman–Crippen MR) is 182 cm³/mol. The van der Waals surface area contributed by atoms with Crippen molar-refractivity contribution in [1.29, 1.82) is 5.26 Å². The Kier molecular flexibility index (Phi) is 9.37. The van der Waals surface area contributed by atoms with Gasteiger partial charge in [0.25, 0.3) is 11.8 Å². The maximum absolute atomic E-state index is 13.2. The van der Waals surface area contributed by atoms with Gasteiger partial charge in [-0.3, -0.25) is 29.4 Å². The summed E-state index contributed by atoms with van der Waals surface area (Å²) in [5, 5.41) is 21.1. The first kappa shape index (κ1) is 33.2. The van der Waals surface area contributed by atoms with Gasteiger partial charge in [0.2, 0.25) is 11.8 Å². The van der Waals surface area contributed by atoms with Gasteiger partial charge in [0.15, 0.2) is 0 Å². The summed E-state index contributed by atoms with van der Waals surface area (Å²) in [7, 11) is 0. The number of nitrogens with zero attached hydrogens (tertiary/aromatic N) is 5. The lowest BCUT2D eigenvalue weighted by atomic mass is 10.0. The first-order valence-electron chi connectivity index (χ1n) is 15.9. The molecular formula is C34H34ClN9O5. The van der Waals surface area contributed by atoms with E-state index in [0.29, 0.717) is 54.0 Å². The van der Waals surface area contributed by atoms with Gasteiger partial charge in [0, 0.05) is 56.1 Å². The molecule has 1 aromatic heterocycles. The molecule has 0 radical (unpaired) electrons. The third-order valence-electron chi connectivity index (χ3n) is 8.87. The fourth-order valence-corrected chi connectivity index (χ4v) is 6.51. The molecule has 0 bridgehead atoms. The van der Waals surface area contributed by atoms with Crippen LogP contribution >= 0.6 is 11.6 Å². The monoisotopic (exact) mass is 683 g/mol. The summed E-state index contributed by atoms with van der Waals surface area (Å²) in [5.74, 6) is -1.58. The Morgan fingerprint density at radius 1 is 0.959 bits per heavy atom. The smallest absolute Gasteiger partial charge is 0.322 e. The number of fused-ring (bicyclic) bond motifs is 1. The molecule has 0 aliphatic carbocycles. The van der Waals surface area contributed by atoms with Crippen LogP contribution < -0.4 is 26.2 Å². The molecule has 1 unspecified atom stereocenters. The number of nitriles is 1. The summed E-state index contributed by atoms with van der Waals surface area (Å²) in [4.78, 5) is 72.2. The number of amides is 6. The van der Waals surface area contributed by atoms with E-state index < -0.39 is 29.7 Å². The second-order valence-electron chi connectivity index (χ2n) is 12.2. The number of hydrogen-bond donors (Lipinski definition) is 4. The summed E-state index contributed by atoms with van der Waals surface area (Å²) < 4.78 is 0. The molecule has 2 saturated heterocycles. The molecule has 15 heteroatoms. The predicted octanol–water partition coefficient (Wildman–Crippen LogP) is 3.66. The van der Waals surface area contributed by atoms with Crippen LogP contribution in [0.15, 0.2) is 54.7 Å². The van der Waals surface area contributed by atoms with Crippen molar-refractivity contribution < 1.29 is 24.0 Å². The van der Waals surface area contributed by atoms with Crippen LogP contribution in [0.25, 0.3) is 0 Å². The molecule has 2 aromatic carbocycles. The number of rotatable bonds is 8. The van der Waals surface area contributed by atoms with E-state index in [1.54, 1.807) is 53.6 Å². The third-order valence-corrected chi connectivity index (χ3v) is 9.18. The average Bonchev–Trinajstić information content (AvgIpc) is 3.32. The number of pyridine rings is 1. The van der Waals surface area contributed by atoms with Crippen molar-refractivity contribution in [3.63, 3.8) is 0 Å². The molecule has 4 heterocycles. The number of aromatic nitrogens is 1. The fraction of sp³-hybridized carbons (Fsp3) is 0.324. The minimum absolute atomic E-state index is 0.0246. The highest BCUT2D eigenvalue weighted by Crippen LogP contribution is 2.30. The number of anilines is 4. The SMILES string of the molecule is C[C@@H]1CN(c2ccc(C#N)c(Cl)c2)[C@@H](C)CN1C(=O)Nc1ccc(NCCNc2ccc3c(c2)C(=O)N(C2CCC(=O)NC2=O)C3=O)nc1. The van der Waals surface area contributed by atoms with Crippen molar-refractivity contribution in [3.8, 4) is 6.07 Å². The largest absolute Gasteiger partial charge is 0.383 e. The summed E-state index contributed by atoms with van der Waals surface area (Å²) in [6, 6.07) is 14.5. The van der Waals surface area contributed by atoms with Crippen molar-refractivity contribution in [1.82, 2.24) is 20.1 Å². The summed E-state index contributed by atoms with van der Waals surface area (Å²) in [5.41, 5.74) is 2.93. The number of nitrogens with one attached hydrogen (secondary N) is 4. The maximum atomic E-state index is 13.2. The van der Waals surface area contributed by atoms with Crippen molar-refractivity contribution in [2.75, 3.05) is 47.0 Å².